The molecule has 2 amide bonds. The van der Waals surface area contributed by atoms with Gasteiger partial charge in [-0.1, -0.05) is 23.7 Å². The zero-order valence-corrected chi connectivity index (χ0v) is 17.1. The predicted octanol–water partition coefficient (Wildman–Crippen LogP) is 4.20. The quantitative estimate of drug-likeness (QED) is 0.662. The van der Waals surface area contributed by atoms with Crippen molar-refractivity contribution in [2.45, 2.75) is 31.7 Å². The number of halogens is 3. The van der Waals surface area contributed by atoms with Gasteiger partial charge in [0.15, 0.2) is 0 Å². The molecular weight excluding hydrogens is 414 g/mol. The molecule has 5 nitrogen and oxygen atoms in total. The van der Waals surface area contributed by atoms with E-state index >= 15 is 0 Å². The molecule has 160 valence electrons. The van der Waals surface area contributed by atoms with Gasteiger partial charge in [-0.15, -0.1) is 0 Å². The Morgan fingerprint density at radius 3 is 2.57 bits per heavy atom. The molecule has 1 heterocycles. The first-order valence-electron chi connectivity index (χ1n) is 9.85. The first kappa shape index (κ1) is 22.0. The standard InChI is InChI=1S/C22H23ClF2N2O3/c23-18-4-1-2-5-20(18)30-13-3-6-21(28)27-11-9-16(10-12-27)26-22(29)17-8-7-15(24)14-19(17)25/h1-2,4-5,7-8,14,16H,3,6,9-13H2,(H,26,29). The maximum absolute atomic E-state index is 13.7. The smallest absolute Gasteiger partial charge is 0.254 e. The molecule has 2 aromatic rings. The molecule has 1 aliphatic heterocycles. The molecule has 1 N–H and O–H groups in total. The van der Waals surface area contributed by atoms with Crippen molar-refractivity contribution in [2.24, 2.45) is 0 Å². The van der Waals surface area contributed by atoms with Crippen LogP contribution in [0.4, 0.5) is 8.78 Å². The van der Waals surface area contributed by atoms with Crippen LogP contribution in [0, 0.1) is 11.6 Å². The molecule has 1 saturated heterocycles. The van der Waals surface area contributed by atoms with Gasteiger partial charge in [0.25, 0.3) is 5.91 Å². The number of ether oxygens (including phenoxy) is 1. The molecule has 0 radical (unpaired) electrons. The summed E-state index contributed by atoms with van der Waals surface area (Å²) in [5, 5.41) is 3.29. The van der Waals surface area contributed by atoms with Gasteiger partial charge in [-0.05, 0) is 43.5 Å². The van der Waals surface area contributed by atoms with Crippen molar-refractivity contribution in [1.29, 1.82) is 0 Å². The lowest BCUT2D eigenvalue weighted by Gasteiger charge is -2.32. The number of para-hydroxylation sites is 1. The van der Waals surface area contributed by atoms with Crippen LogP contribution < -0.4 is 10.1 Å². The van der Waals surface area contributed by atoms with Crippen molar-refractivity contribution in [2.75, 3.05) is 19.7 Å². The summed E-state index contributed by atoms with van der Waals surface area (Å²) in [4.78, 5) is 26.3. The maximum atomic E-state index is 13.7. The van der Waals surface area contributed by atoms with Crippen molar-refractivity contribution in [3.8, 4) is 5.75 Å². The molecule has 0 spiro atoms. The second kappa shape index (κ2) is 10.4. The van der Waals surface area contributed by atoms with E-state index < -0.39 is 17.5 Å². The monoisotopic (exact) mass is 436 g/mol. The van der Waals surface area contributed by atoms with Gasteiger partial charge in [0.1, 0.15) is 17.4 Å². The molecule has 0 aromatic heterocycles. The highest BCUT2D eigenvalue weighted by molar-refractivity contribution is 6.32. The van der Waals surface area contributed by atoms with Crippen LogP contribution in [0.1, 0.15) is 36.0 Å². The Morgan fingerprint density at radius 2 is 1.87 bits per heavy atom. The average molecular weight is 437 g/mol. The first-order valence-corrected chi connectivity index (χ1v) is 10.2. The van der Waals surface area contributed by atoms with E-state index in [9.17, 15) is 18.4 Å². The van der Waals surface area contributed by atoms with Gasteiger partial charge in [0.2, 0.25) is 5.91 Å². The number of piperidine rings is 1. The summed E-state index contributed by atoms with van der Waals surface area (Å²) in [6.07, 6.45) is 2.10. The van der Waals surface area contributed by atoms with Crippen LogP contribution in [0.15, 0.2) is 42.5 Å². The highest BCUT2D eigenvalue weighted by atomic mass is 35.5. The van der Waals surface area contributed by atoms with Gasteiger partial charge in [0.05, 0.1) is 17.2 Å². The fraction of sp³-hybridized carbons (Fsp3) is 0.364. The lowest BCUT2D eigenvalue weighted by Crippen LogP contribution is -2.46. The number of amides is 2. The molecule has 30 heavy (non-hydrogen) atoms. The molecule has 0 aliphatic carbocycles. The lowest BCUT2D eigenvalue weighted by atomic mass is 10.0. The van der Waals surface area contributed by atoms with Crippen molar-refractivity contribution >= 4 is 23.4 Å². The summed E-state index contributed by atoms with van der Waals surface area (Å²) in [5.74, 6) is -1.56. The van der Waals surface area contributed by atoms with E-state index in [0.717, 1.165) is 12.1 Å². The first-order chi connectivity index (χ1) is 14.4. The molecule has 0 bridgehead atoms. The van der Waals surface area contributed by atoms with Gasteiger partial charge < -0.3 is 15.0 Å². The zero-order valence-electron chi connectivity index (χ0n) is 16.4. The van der Waals surface area contributed by atoms with Gasteiger partial charge in [-0.2, -0.15) is 0 Å². The van der Waals surface area contributed by atoms with Crippen LogP contribution in [0.3, 0.4) is 0 Å². The third-order valence-corrected chi connectivity index (χ3v) is 5.30. The van der Waals surface area contributed by atoms with Gasteiger partial charge in [-0.25, -0.2) is 8.78 Å². The Balaban J connectivity index is 1.37. The number of carbonyl (C=O) groups is 2. The van der Waals surface area contributed by atoms with Gasteiger partial charge in [-0.3, -0.25) is 9.59 Å². The van der Waals surface area contributed by atoms with E-state index in [1.807, 2.05) is 12.1 Å². The number of likely N-dealkylation sites (tertiary alicyclic amines) is 1. The van der Waals surface area contributed by atoms with Crippen LogP contribution in [0.5, 0.6) is 5.75 Å². The van der Waals surface area contributed by atoms with Crippen molar-refractivity contribution < 1.29 is 23.1 Å². The molecule has 2 aromatic carbocycles. The number of hydrogen-bond acceptors (Lipinski definition) is 3. The zero-order chi connectivity index (χ0) is 21.5. The van der Waals surface area contributed by atoms with Gasteiger partial charge in [0, 0.05) is 31.6 Å². The molecule has 3 rings (SSSR count). The SMILES string of the molecule is O=C(NC1CCN(C(=O)CCCOc2ccccc2Cl)CC1)c1ccc(F)cc1F. The molecule has 0 unspecified atom stereocenters. The highest BCUT2D eigenvalue weighted by Crippen LogP contribution is 2.23. The molecule has 1 fully saturated rings. The summed E-state index contributed by atoms with van der Waals surface area (Å²) in [6.45, 7) is 1.42. The third kappa shape index (κ3) is 5.92. The second-order valence-corrected chi connectivity index (χ2v) is 7.54. The van der Waals surface area contributed by atoms with Crippen LogP contribution in [0.2, 0.25) is 5.02 Å². The molecular formula is C22H23ClF2N2O3. The number of benzene rings is 2. The van der Waals surface area contributed by atoms with E-state index in [2.05, 4.69) is 5.32 Å². The van der Waals surface area contributed by atoms with Crippen molar-refractivity contribution in [3.05, 3.63) is 64.7 Å². The van der Waals surface area contributed by atoms with E-state index in [1.165, 1.54) is 0 Å². The Labute approximate surface area is 179 Å². The fourth-order valence-electron chi connectivity index (χ4n) is 3.34. The Morgan fingerprint density at radius 1 is 1.13 bits per heavy atom. The van der Waals surface area contributed by atoms with E-state index in [-0.39, 0.29) is 17.5 Å². The highest BCUT2D eigenvalue weighted by Gasteiger charge is 2.24. The van der Waals surface area contributed by atoms with Crippen LogP contribution in [-0.2, 0) is 4.79 Å². The van der Waals surface area contributed by atoms with Gasteiger partial charge >= 0.3 is 0 Å². The topological polar surface area (TPSA) is 58.6 Å². The summed E-state index contributed by atoms with van der Waals surface area (Å²) < 4.78 is 32.3. The minimum atomic E-state index is -0.890. The Kier molecular flexibility index (Phi) is 7.63. The normalized spacial score (nSPS) is 14.4. The number of rotatable bonds is 7. The number of carbonyl (C=O) groups excluding carboxylic acids is 2. The minimum absolute atomic E-state index is 0.0344. The third-order valence-electron chi connectivity index (χ3n) is 4.99. The molecule has 0 saturated carbocycles. The summed E-state index contributed by atoms with van der Waals surface area (Å²) >= 11 is 6.02. The fourth-order valence-corrected chi connectivity index (χ4v) is 3.53. The van der Waals surface area contributed by atoms with Crippen LogP contribution in [-0.4, -0.2) is 42.5 Å². The minimum Gasteiger partial charge on any atom is -0.492 e. The largest absolute Gasteiger partial charge is 0.492 e. The summed E-state index contributed by atoms with van der Waals surface area (Å²) in [6, 6.07) is 9.88. The maximum Gasteiger partial charge on any atom is 0.254 e. The van der Waals surface area contributed by atoms with Crippen LogP contribution in [0.25, 0.3) is 0 Å². The Bertz CT molecular complexity index is 902. The number of nitrogens with one attached hydrogen (secondary N) is 1. The predicted molar refractivity (Wildman–Crippen MR) is 110 cm³/mol. The second-order valence-electron chi connectivity index (χ2n) is 7.14. The molecule has 0 atom stereocenters. The average Bonchev–Trinajstić information content (AvgIpc) is 2.72. The summed E-state index contributed by atoms with van der Waals surface area (Å²) in [5.41, 5.74) is -0.187. The van der Waals surface area contributed by atoms with E-state index in [4.69, 9.17) is 16.3 Å². The summed E-state index contributed by atoms with van der Waals surface area (Å²) in [7, 11) is 0. The molecule has 1 aliphatic rings. The van der Waals surface area contributed by atoms with Crippen molar-refractivity contribution in [1.82, 2.24) is 10.2 Å². The number of hydrogen-bond donors (Lipinski definition) is 1. The van der Waals surface area contributed by atoms with Crippen molar-refractivity contribution in [3.63, 3.8) is 0 Å². The lowest BCUT2D eigenvalue weighted by molar-refractivity contribution is -0.132. The Hall–Kier alpha value is -2.67. The number of nitrogens with zero attached hydrogens (tertiary/aromatic N) is 1. The molecule has 8 heteroatoms. The van der Waals surface area contributed by atoms with E-state index in [0.29, 0.717) is 62.2 Å². The van der Waals surface area contributed by atoms with Crippen LogP contribution >= 0.6 is 11.6 Å². The van der Waals surface area contributed by atoms with E-state index in [1.54, 1.807) is 17.0 Å².